The van der Waals surface area contributed by atoms with E-state index in [1.165, 1.54) is 23.5 Å². The summed E-state index contributed by atoms with van der Waals surface area (Å²) in [6.07, 6.45) is 0. The fraction of sp³-hybridized carbons (Fsp3) is 0. The van der Waals surface area contributed by atoms with E-state index in [0.717, 1.165) is 9.35 Å². The van der Waals surface area contributed by atoms with Crippen LogP contribution in [0.5, 0.6) is 0 Å². The summed E-state index contributed by atoms with van der Waals surface area (Å²) in [6.45, 7) is 0. The minimum absolute atomic E-state index is 0.0345. The van der Waals surface area contributed by atoms with Crippen LogP contribution in [0.2, 0.25) is 5.02 Å². The molecule has 0 unspecified atom stereocenters. The van der Waals surface area contributed by atoms with Crippen LogP contribution in [0, 0.1) is 5.82 Å². The molecule has 7 heteroatoms. The highest BCUT2D eigenvalue weighted by molar-refractivity contribution is 9.10. The molecule has 2 aromatic heterocycles. The maximum Gasteiger partial charge on any atom is 0.230 e. The Hall–Kier alpha value is -1.37. The van der Waals surface area contributed by atoms with Crippen molar-refractivity contribution in [1.82, 2.24) is 5.16 Å². The van der Waals surface area contributed by atoms with Gasteiger partial charge in [0.25, 0.3) is 0 Å². The van der Waals surface area contributed by atoms with Gasteiger partial charge in [-0.1, -0.05) is 22.8 Å². The first-order valence-electron chi connectivity index (χ1n) is 5.52. The molecule has 0 aliphatic rings. The molecule has 0 aliphatic heterocycles. The summed E-state index contributed by atoms with van der Waals surface area (Å²) in [4.78, 5) is 0.805. The van der Waals surface area contributed by atoms with Crippen LogP contribution in [-0.4, -0.2) is 5.16 Å². The Balaban J connectivity index is 2.31. The number of halogens is 3. The summed E-state index contributed by atoms with van der Waals surface area (Å²) in [5.74, 6) is -0.436. The molecule has 1 aromatic carbocycles. The van der Waals surface area contributed by atoms with E-state index in [4.69, 9.17) is 21.9 Å². The maximum absolute atomic E-state index is 14.1. The van der Waals surface area contributed by atoms with E-state index in [9.17, 15) is 4.39 Å². The molecular formula is C13H7BrClFN2OS. The van der Waals surface area contributed by atoms with E-state index >= 15 is 0 Å². The highest BCUT2D eigenvalue weighted by Gasteiger charge is 2.24. The van der Waals surface area contributed by atoms with Crippen molar-refractivity contribution in [3.63, 3.8) is 0 Å². The Kier molecular flexibility index (Phi) is 3.54. The van der Waals surface area contributed by atoms with E-state index in [1.54, 1.807) is 6.07 Å². The normalized spacial score (nSPS) is 10.9. The lowest BCUT2D eigenvalue weighted by Crippen LogP contribution is -1.91. The Bertz CT molecular complexity index is 766. The van der Waals surface area contributed by atoms with Gasteiger partial charge in [0.1, 0.15) is 11.5 Å². The van der Waals surface area contributed by atoms with Gasteiger partial charge in [-0.25, -0.2) is 4.39 Å². The maximum atomic E-state index is 14.1. The molecule has 0 fully saturated rings. The average Bonchev–Trinajstić information content (AvgIpc) is 2.97. The summed E-state index contributed by atoms with van der Waals surface area (Å²) in [5, 5.41) is 6.08. The lowest BCUT2D eigenvalue weighted by molar-refractivity contribution is 0.439. The molecule has 20 heavy (non-hydrogen) atoms. The number of nitrogens with two attached hydrogens (primary N) is 1. The van der Waals surface area contributed by atoms with E-state index in [0.29, 0.717) is 11.3 Å². The lowest BCUT2D eigenvalue weighted by atomic mass is 10.0. The zero-order valence-electron chi connectivity index (χ0n) is 9.86. The molecule has 0 saturated heterocycles. The summed E-state index contributed by atoms with van der Waals surface area (Å²) in [6, 6.07) is 6.32. The average molecular weight is 374 g/mol. The van der Waals surface area contributed by atoms with Gasteiger partial charge in [0.15, 0.2) is 0 Å². The van der Waals surface area contributed by atoms with Crippen LogP contribution in [-0.2, 0) is 0 Å². The quantitative estimate of drug-likeness (QED) is 0.671. The largest absolute Gasteiger partial charge is 0.367 e. The number of nitrogen functional groups attached to an aromatic ring is 1. The third kappa shape index (κ3) is 2.13. The van der Waals surface area contributed by atoms with Gasteiger partial charge in [-0.2, -0.15) is 0 Å². The number of nitrogens with zero attached hydrogens (tertiary/aromatic N) is 1. The van der Waals surface area contributed by atoms with Crippen molar-refractivity contribution in [2.45, 2.75) is 0 Å². The second kappa shape index (κ2) is 5.20. The minimum atomic E-state index is -0.471. The van der Waals surface area contributed by atoms with E-state index in [2.05, 4.69) is 21.1 Å². The van der Waals surface area contributed by atoms with Gasteiger partial charge in [0.2, 0.25) is 5.88 Å². The fourth-order valence-electron chi connectivity index (χ4n) is 1.90. The molecule has 3 aromatic rings. The number of rotatable bonds is 2. The molecule has 0 aliphatic carbocycles. The molecule has 3 nitrogen and oxygen atoms in total. The van der Waals surface area contributed by atoms with Crippen LogP contribution >= 0.6 is 38.9 Å². The molecule has 0 spiro atoms. The SMILES string of the molecule is Nc1onc(-c2sccc2Br)c1-c1c(F)cccc1Cl. The lowest BCUT2D eigenvalue weighted by Gasteiger charge is -2.05. The van der Waals surface area contributed by atoms with Gasteiger partial charge >= 0.3 is 0 Å². The van der Waals surface area contributed by atoms with Crippen molar-refractivity contribution in [2.75, 3.05) is 5.73 Å². The number of hydrogen-bond donors (Lipinski definition) is 1. The standard InChI is InChI=1S/C13H7BrClFN2OS/c14-6-4-5-20-12(6)11-10(13(17)19-18-11)9-7(15)2-1-3-8(9)16/h1-5H,17H2. The Morgan fingerprint density at radius 3 is 2.75 bits per heavy atom. The van der Waals surface area contributed by atoms with Crippen molar-refractivity contribution >= 4 is 44.8 Å². The van der Waals surface area contributed by atoms with Gasteiger partial charge < -0.3 is 10.3 Å². The fourth-order valence-corrected chi connectivity index (χ4v) is 3.70. The van der Waals surface area contributed by atoms with Crippen molar-refractivity contribution < 1.29 is 8.91 Å². The van der Waals surface area contributed by atoms with Crippen LogP contribution in [0.15, 0.2) is 38.6 Å². The van der Waals surface area contributed by atoms with Crippen LogP contribution in [0.3, 0.4) is 0 Å². The predicted molar refractivity (Wildman–Crippen MR) is 82.3 cm³/mol. The van der Waals surface area contributed by atoms with E-state index in [-0.39, 0.29) is 16.5 Å². The van der Waals surface area contributed by atoms with Crippen molar-refractivity contribution in [3.8, 4) is 21.7 Å². The minimum Gasteiger partial charge on any atom is -0.367 e. The number of hydrogen-bond acceptors (Lipinski definition) is 4. The summed E-state index contributed by atoms with van der Waals surface area (Å²) in [7, 11) is 0. The highest BCUT2D eigenvalue weighted by atomic mass is 79.9. The third-order valence-electron chi connectivity index (χ3n) is 2.76. The van der Waals surface area contributed by atoms with Crippen molar-refractivity contribution in [1.29, 1.82) is 0 Å². The highest BCUT2D eigenvalue weighted by Crippen LogP contribution is 2.44. The van der Waals surface area contributed by atoms with Gasteiger partial charge in [0.05, 0.1) is 15.5 Å². The molecule has 2 heterocycles. The van der Waals surface area contributed by atoms with E-state index in [1.807, 2.05) is 11.4 Å². The van der Waals surface area contributed by atoms with Gasteiger partial charge in [0, 0.05) is 10.0 Å². The molecule has 0 radical (unpaired) electrons. The first-order chi connectivity index (χ1) is 9.59. The predicted octanol–water partition coefficient (Wildman–Crippen LogP) is 5.21. The molecule has 3 rings (SSSR count). The van der Waals surface area contributed by atoms with Crippen LogP contribution in [0.25, 0.3) is 21.7 Å². The first-order valence-corrected chi connectivity index (χ1v) is 7.57. The molecular weight excluding hydrogens is 367 g/mol. The molecule has 102 valence electrons. The van der Waals surface area contributed by atoms with Gasteiger partial charge in [-0.3, -0.25) is 0 Å². The Morgan fingerprint density at radius 2 is 2.10 bits per heavy atom. The Labute approximate surface area is 131 Å². The zero-order chi connectivity index (χ0) is 14.3. The number of anilines is 1. The summed E-state index contributed by atoms with van der Waals surface area (Å²) in [5.41, 5.74) is 6.84. The van der Waals surface area contributed by atoms with Gasteiger partial charge in [-0.15, -0.1) is 11.3 Å². The molecule has 2 N–H and O–H groups in total. The smallest absolute Gasteiger partial charge is 0.230 e. The zero-order valence-corrected chi connectivity index (χ0v) is 13.0. The molecule has 0 atom stereocenters. The molecule has 0 bridgehead atoms. The number of thiophene rings is 1. The number of benzene rings is 1. The molecule has 0 saturated carbocycles. The first kappa shape index (κ1) is 13.6. The summed E-state index contributed by atoms with van der Waals surface area (Å²) >= 11 is 11.0. The molecule has 0 amide bonds. The monoisotopic (exact) mass is 372 g/mol. The van der Waals surface area contributed by atoms with Crippen LogP contribution < -0.4 is 5.73 Å². The topological polar surface area (TPSA) is 52.0 Å². The summed E-state index contributed by atoms with van der Waals surface area (Å²) < 4.78 is 20.0. The van der Waals surface area contributed by atoms with Crippen molar-refractivity contribution in [3.05, 3.63) is 45.0 Å². The van der Waals surface area contributed by atoms with Gasteiger partial charge in [-0.05, 0) is 39.5 Å². The second-order valence-electron chi connectivity index (χ2n) is 3.96. The Morgan fingerprint density at radius 1 is 1.30 bits per heavy atom. The third-order valence-corrected chi connectivity index (χ3v) is 4.92. The van der Waals surface area contributed by atoms with E-state index < -0.39 is 5.82 Å². The number of aromatic nitrogens is 1. The van der Waals surface area contributed by atoms with Crippen LogP contribution in [0.4, 0.5) is 10.3 Å². The van der Waals surface area contributed by atoms with Crippen LogP contribution in [0.1, 0.15) is 0 Å². The second-order valence-corrected chi connectivity index (χ2v) is 6.14. The van der Waals surface area contributed by atoms with Crippen molar-refractivity contribution in [2.24, 2.45) is 0 Å².